The second-order valence-corrected chi connectivity index (χ2v) is 5.54. The fourth-order valence-corrected chi connectivity index (χ4v) is 2.52. The predicted molar refractivity (Wildman–Crippen MR) is 68.9 cm³/mol. The average Bonchev–Trinajstić information content (AvgIpc) is 2.17. The van der Waals surface area contributed by atoms with Gasteiger partial charge in [-0.15, -0.1) is 0 Å². The molecule has 1 heteroatoms. The molecule has 1 radical (unpaired) electrons. The molecule has 0 saturated carbocycles. The Balaban J connectivity index is 3.21. The Labute approximate surface area is 107 Å². The Morgan fingerprint density at radius 2 is 1.47 bits per heavy atom. The lowest BCUT2D eigenvalue weighted by Gasteiger charge is -2.19. The molecule has 1 aromatic carbocycles. The van der Waals surface area contributed by atoms with Gasteiger partial charge in [-0.1, -0.05) is 52.3 Å². The molecule has 0 aliphatic heterocycles. The summed E-state index contributed by atoms with van der Waals surface area (Å²) in [4.78, 5) is 0. The van der Waals surface area contributed by atoms with Crippen LogP contribution in [-0.2, 0) is 6.42 Å². The molecule has 0 nitrogen and oxygen atoms in total. The van der Waals surface area contributed by atoms with Gasteiger partial charge in [-0.05, 0) is 28.5 Å². The molecule has 0 unspecified atom stereocenters. The molecule has 0 fully saturated rings. The van der Waals surface area contributed by atoms with Crippen molar-refractivity contribution in [3.05, 3.63) is 34.9 Å². The van der Waals surface area contributed by atoms with Gasteiger partial charge in [0.15, 0.2) is 0 Å². The minimum atomic E-state index is 0.647. The summed E-state index contributed by atoms with van der Waals surface area (Å²) in [7, 11) is 0. The highest BCUT2D eigenvalue weighted by molar-refractivity contribution is 6.08. The van der Waals surface area contributed by atoms with Crippen molar-refractivity contribution in [1.82, 2.24) is 0 Å². The lowest BCUT2D eigenvalue weighted by atomic mass is 9.87. The number of benzene rings is 1. The van der Waals surface area contributed by atoms with Gasteiger partial charge in [0, 0.05) is 0 Å². The van der Waals surface area contributed by atoms with Crippen molar-refractivity contribution in [3.8, 4) is 0 Å². The molecule has 0 amide bonds. The third-order valence-electron chi connectivity index (χ3n) is 2.92. The van der Waals surface area contributed by atoms with Gasteiger partial charge in [0.1, 0.15) is 0 Å². The lowest BCUT2D eigenvalue weighted by molar-refractivity contribution is 0.800. The zero-order valence-corrected chi connectivity index (χ0v) is 11.9. The van der Waals surface area contributed by atoms with Gasteiger partial charge in [-0.2, -0.15) is 4.55 Å². The topological polar surface area (TPSA) is 0 Å². The van der Waals surface area contributed by atoms with Crippen molar-refractivity contribution >= 4 is 21.7 Å². The molecule has 0 aliphatic carbocycles. The summed E-state index contributed by atoms with van der Waals surface area (Å²) < 4.78 is 1.27. The molecule has 0 heterocycles. The molecule has 79 valence electrons. The summed E-state index contributed by atoms with van der Waals surface area (Å²) >= 11 is 2.07. The van der Waals surface area contributed by atoms with Crippen LogP contribution in [0.15, 0.2) is 18.2 Å². The van der Waals surface area contributed by atoms with Gasteiger partial charge in [-0.25, -0.2) is 0 Å². The van der Waals surface area contributed by atoms with Gasteiger partial charge < -0.3 is 0 Å². The van der Waals surface area contributed by atoms with E-state index in [4.69, 9.17) is 0 Å². The Morgan fingerprint density at radius 3 is 1.80 bits per heavy atom. The van der Waals surface area contributed by atoms with E-state index in [2.05, 4.69) is 67.6 Å². The quantitative estimate of drug-likeness (QED) is 0.662. The van der Waals surface area contributed by atoms with E-state index >= 15 is 0 Å². The highest BCUT2D eigenvalue weighted by Crippen LogP contribution is 2.28. The SMILES string of the molecule is CC(C)c1cccc(C(C)C)c1C[CH2][Mg]. The van der Waals surface area contributed by atoms with E-state index in [1.165, 1.54) is 11.0 Å². The third kappa shape index (κ3) is 3.22. The van der Waals surface area contributed by atoms with Crippen LogP contribution in [0.25, 0.3) is 0 Å². The van der Waals surface area contributed by atoms with Crippen molar-refractivity contribution in [2.45, 2.75) is 50.5 Å². The summed E-state index contributed by atoms with van der Waals surface area (Å²) in [6, 6.07) is 6.81. The molecule has 0 aromatic heterocycles. The minimum absolute atomic E-state index is 0.647. The number of hydrogen-bond acceptors (Lipinski definition) is 0. The van der Waals surface area contributed by atoms with Crippen LogP contribution in [0.2, 0.25) is 4.55 Å². The molecule has 0 bridgehead atoms. The Hall–Kier alpha value is -0.0138. The van der Waals surface area contributed by atoms with E-state index in [-0.39, 0.29) is 0 Å². The summed E-state index contributed by atoms with van der Waals surface area (Å²) in [6.45, 7) is 9.17. The maximum Gasteiger partial charge on any atom is 0.222 e. The molecule has 1 rings (SSSR count). The van der Waals surface area contributed by atoms with E-state index in [9.17, 15) is 0 Å². The zero-order chi connectivity index (χ0) is 11.4. The van der Waals surface area contributed by atoms with Crippen LogP contribution in [-0.4, -0.2) is 21.7 Å². The van der Waals surface area contributed by atoms with Crippen molar-refractivity contribution < 1.29 is 0 Å². The number of hydrogen-bond donors (Lipinski definition) is 0. The summed E-state index contributed by atoms with van der Waals surface area (Å²) in [5.74, 6) is 1.29. The van der Waals surface area contributed by atoms with Crippen molar-refractivity contribution in [1.29, 1.82) is 0 Å². The molecule has 0 aliphatic rings. The first-order chi connectivity index (χ1) is 7.07. The Bertz CT molecular complexity index is 287. The van der Waals surface area contributed by atoms with Crippen LogP contribution in [0.1, 0.15) is 56.2 Å². The fraction of sp³-hybridized carbons (Fsp3) is 0.571. The van der Waals surface area contributed by atoms with Crippen LogP contribution in [0.3, 0.4) is 0 Å². The highest BCUT2D eigenvalue weighted by Gasteiger charge is 2.11. The van der Waals surface area contributed by atoms with Gasteiger partial charge in [-0.3, -0.25) is 0 Å². The first kappa shape index (κ1) is 13.1. The maximum atomic E-state index is 2.30. The zero-order valence-electron chi connectivity index (χ0n) is 10.5. The predicted octanol–water partition coefficient (Wildman–Crippen LogP) is 4.06. The van der Waals surface area contributed by atoms with E-state index in [1.54, 1.807) is 16.7 Å². The fourth-order valence-electron chi connectivity index (χ4n) is 2.17. The second kappa shape index (κ2) is 5.90. The van der Waals surface area contributed by atoms with Crippen molar-refractivity contribution in [2.75, 3.05) is 0 Å². The Morgan fingerprint density at radius 1 is 1.00 bits per heavy atom. The molecular weight excluding hydrogens is 192 g/mol. The lowest BCUT2D eigenvalue weighted by Crippen LogP contribution is -2.03. The van der Waals surface area contributed by atoms with Gasteiger partial charge in [0.2, 0.25) is 21.7 Å². The molecule has 0 spiro atoms. The standard InChI is InChI=1S/C14H21.Mg/c1-6-12-13(10(2)3)8-7-9-14(12)11(4)5;/h7-11H,1,6H2,2-5H3;. The molecular formula is C14H21Mg. The van der Waals surface area contributed by atoms with Crippen molar-refractivity contribution in [2.24, 2.45) is 0 Å². The van der Waals surface area contributed by atoms with Crippen LogP contribution >= 0.6 is 0 Å². The van der Waals surface area contributed by atoms with Gasteiger partial charge in [0.05, 0.1) is 0 Å². The summed E-state index contributed by atoms with van der Waals surface area (Å²) in [5, 5.41) is 0. The van der Waals surface area contributed by atoms with Crippen molar-refractivity contribution in [3.63, 3.8) is 0 Å². The van der Waals surface area contributed by atoms with E-state index in [0.717, 1.165) is 0 Å². The summed E-state index contributed by atoms with van der Waals surface area (Å²) in [6.07, 6.45) is 1.24. The van der Waals surface area contributed by atoms with Gasteiger partial charge >= 0.3 is 0 Å². The molecule has 0 atom stereocenters. The minimum Gasteiger partial charge on any atom is -0.173 e. The molecule has 0 saturated heterocycles. The maximum absolute atomic E-state index is 2.30. The van der Waals surface area contributed by atoms with Crippen LogP contribution < -0.4 is 0 Å². The third-order valence-corrected chi connectivity index (χ3v) is 3.27. The van der Waals surface area contributed by atoms with Gasteiger partial charge in [0.25, 0.3) is 0 Å². The summed E-state index contributed by atoms with van der Waals surface area (Å²) in [5.41, 5.74) is 4.71. The van der Waals surface area contributed by atoms with E-state index < -0.39 is 0 Å². The molecule has 15 heavy (non-hydrogen) atoms. The van der Waals surface area contributed by atoms with Crippen LogP contribution in [0, 0.1) is 0 Å². The van der Waals surface area contributed by atoms with E-state index in [0.29, 0.717) is 11.8 Å². The second-order valence-electron chi connectivity index (χ2n) is 4.83. The molecule has 0 N–H and O–H groups in total. The van der Waals surface area contributed by atoms with Crippen LogP contribution in [0.4, 0.5) is 0 Å². The normalized spacial score (nSPS) is 11.3. The highest BCUT2D eigenvalue weighted by atomic mass is 24.4. The number of rotatable bonds is 4. The first-order valence-corrected chi connectivity index (χ1v) is 6.98. The average molecular weight is 214 g/mol. The Kier molecular flexibility index (Phi) is 5.14. The van der Waals surface area contributed by atoms with Crippen LogP contribution in [0.5, 0.6) is 0 Å². The monoisotopic (exact) mass is 213 g/mol. The first-order valence-electron chi connectivity index (χ1n) is 5.98. The molecule has 1 aromatic rings. The largest absolute Gasteiger partial charge is 0.222 e. The smallest absolute Gasteiger partial charge is 0.173 e. The van der Waals surface area contributed by atoms with E-state index in [1.807, 2.05) is 0 Å².